The number of ether oxygens (including phenoxy) is 1. The predicted molar refractivity (Wildman–Crippen MR) is 118 cm³/mol. The highest BCUT2D eigenvalue weighted by Gasteiger charge is 2.25. The van der Waals surface area contributed by atoms with Crippen LogP contribution in [0.2, 0.25) is 0 Å². The van der Waals surface area contributed by atoms with Gasteiger partial charge in [-0.05, 0) is 36.3 Å². The van der Waals surface area contributed by atoms with E-state index in [0.717, 1.165) is 29.5 Å². The van der Waals surface area contributed by atoms with Gasteiger partial charge in [-0.2, -0.15) is 0 Å². The Morgan fingerprint density at radius 1 is 1.10 bits per heavy atom. The van der Waals surface area contributed by atoms with E-state index < -0.39 is 11.9 Å². The minimum atomic E-state index is -0.792. The summed E-state index contributed by atoms with van der Waals surface area (Å²) in [7, 11) is 1.74. The average molecular weight is 412 g/mol. The number of aliphatic carboxylic acids is 1. The Morgan fingerprint density at radius 2 is 1.80 bits per heavy atom. The zero-order valence-electron chi connectivity index (χ0n) is 18.4. The van der Waals surface area contributed by atoms with Crippen LogP contribution in [-0.4, -0.2) is 35.7 Å². The highest BCUT2D eigenvalue weighted by Crippen LogP contribution is 2.29. The normalized spacial score (nSPS) is 12.3. The topological polar surface area (TPSA) is 66.8 Å². The molecule has 0 bridgehead atoms. The van der Waals surface area contributed by atoms with Gasteiger partial charge in [0.2, 0.25) is 0 Å². The molecule has 2 rings (SSSR count). The van der Waals surface area contributed by atoms with Gasteiger partial charge in [-0.25, -0.2) is 4.79 Å². The molecule has 0 fully saturated rings. The van der Waals surface area contributed by atoms with Crippen molar-refractivity contribution in [3.05, 3.63) is 71.3 Å². The molecule has 30 heavy (non-hydrogen) atoms. The first-order valence-corrected chi connectivity index (χ1v) is 10.4. The Kier molecular flexibility index (Phi) is 8.46. The number of carboxylic acids is 1. The molecule has 0 saturated carbocycles. The maximum absolute atomic E-state index is 12.3. The second kappa shape index (κ2) is 10.8. The number of rotatable bonds is 10. The molecule has 1 unspecified atom stereocenters. The van der Waals surface area contributed by atoms with E-state index in [2.05, 4.69) is 13.8 Å². The number of nitrogens with zero attached hydrogens (tertiary/aromatic N) is 1. The highest BCUT2D eigenvalue weighted by atomic mass is 16.6. The molecule has 0 saturated heterocycles. The van der Waals surface area contributed by atoms with E-state index in [-0.39, 0.29) is 18.1 Å². The Balaban J connectivity index is 1.83. The second-order valence-electron chi connectivity index (χ2n) is 8.76. The molecule has 0 aliphatic heterocycles. The van der Waals surface area contributed by atoms with Crippen molar-refractivity contribution in [3.8, 4) is 0 Å². The lowest BCUT2D eigenvalue weighted by atomic mass is 9.84. The first kappa shape index (κ1) is 23.5. The molecule has 0 aliphatic rings. The van der Waals surface area contributed by atoms with Crippen molar-refractivity contribution in [2.24, 2.45) is 5.41 Å². The molecular weight excluding hydrogens is 378 g/mol. The number of benzene rings is 2. The van der Waals surface area contributed by atoms with Crippen molar-refractivity contribution < 1.29 is 19.4 Å². The lowest BCUT2D eigenvalue weighted by Crippen LogP contribution is -2.36. The van der Waals surface area contributed by atoms with Crippen molar-refractivity contribution in [2.45, 2.75) is 52.6 Å². The van der Waals surface area contributed by atoms with Crippen LogP contribution in [0.15, 0.2) is 54.6 Å². The molecule has 162 valence electrons. The summed E-state index contributed by atoms with van der Waals surface area (Å²) in [6.07, 6.45) is 1.81. The summed E-state index contributed by atoms with van der Waals surface area (Å²) in [5, 5.41) is 9.65. The van der Waals surface area contributed by atoms with Crippen molar-refractivity contribution in [2.75, 3.05) is 13.6 Å². The third-order valence-electron chi connectivity index (χ3n) is 5.27. The third-order valence-corrected chi connectivity index (χ3v) is 5.27. The minimum Gasteiger partial charge on any atom is -0.481 e. The monoisotopic (exact) mass is 411 g/mol. The average Bonchev–Trinajstić information content (AvgIpc) is 2.69. The van der Waals surface area contributed by atoms with Crippen molar-refractivity contribution in [1.29, 1.82) is 0 Å². The quantitative estimate of drug-likeness (QED) is 0.550. The van der Waals surface area contributed by atoms with Gasteiger partial charge < -0.3 is 14.7 Å². The number of amides is 1. The number of carboxylic acid groups (broad SMARTS) is 1. The number of hydrogen-bond donors (Lipinski definition) is 1. The fourth-order valence-corrected chi connectivity index (χ4v) is 3.72. The van der Waals surface area contributed by atoms with Crippen molar-refractivity contribution in [1.82, 2.24) is 4.90 Å². The lowest BCUT2D eigenvalue weighted by molar-refractivity contribution is -0.139. The van der Waals surface area contributed by atoms with E-state index in [1.54, 1.807) is 11.9 Å². The summed E-state index contributed by atoms with van der Waals surface area (Å²) in [5.41, 5.74) is 2.72. The van der Waals surface area contributed by atoms with Gasteiger partial charge in [-0.1, -0.05) is 80.4 Å². The molecule has 1 N–H and O–H groups in total. The Hall–Kier alpha value is -2.82. The van der Waals surface area contributed by atoms with Gasteiger partial charge >= 0.3 is 12.1 Å². The van der Waals surface area contributed by atoms with Crippen molar-refractivity contribution in [3.63, 3.8) is 0 Å². The first-order chi connectivity index (χ1) is 14.2. The van der Waals surface area contributed by atoms with Gasteiger partial charge in [0.05, 0.1) is 5.92 Å². The van der Waals surface area contributed by atoms with Crippen LogP contribution in [0.1, 0.15) is 55.7 Å². The Morgan fingerprint density at radius 3 is 2.43 bits per heavy atom. The number of aryl methyl sites for hydroxylation is 1. The summed E-state index contributed by atoms with van der Waals surface area (Å²) in [5.74, 6) is -1.30. The SMILES string of the molecule is Cc1cccc(C(CCCC(C)(C)CN(C)C(=O)OCc2ccccc2)C(=O)O)c1. The maximum atomic E-state index is 12.3. The van der Waals surface area contributed by atoms with E-state index in [9.17, 15) is 14.7 Å². The van der Waals surface area contributed by atoms with Crippen LogP contribution in [0, 0.1) is 12.3 Å². The molecule has 0 heterocycles. The van der Waals surface area contributed by atoms with Gasteiger partial charge in [-0.3, -0.25) is 4.79 Å². The van der Waals surface area contributed by atoms with Gasteiger partial charge in [0.25, 0.3) is 0 Å². The van der Waals surface area contributed by atoms with Gasteiger partial charge in [0, 0.05) is 13.6 Å². The van der Waals surface area contributed by atoms with Crippen LogP contribution >= 0.6 is 0 Å². The van der Waals surface area contributed by atoms with Gasteiger partial charge in [0.1, 0.15) is 6.61 Å². The molecule has 0 radical (unpaired) electrons. The minimum absolute atomic E-state index is 0.143. The maximum Gasteiger partial charge on any atom is 0.409 e. The van der Waals surface area contributed by atoms with E-state index in [4.69, 9.17) is 4.74 Å². The highest BCUT2D eigenvalue weighted by molar-refractivity contribution is 5.76. The zero-order chi connectivity index (χ0) is 22.1. The molecule has 0 aliphatic carbocycles. The van der Waals surface area contributed by atoms with Gasteiger partial charge in [-0.15, -0.1) is 0 Å². The van der Waals surface area contributed by atoms with E-state index >= 15 is 0 Å². The summed E-state index contributed by atoms with van der Waals surface area (Å²) in [6.45, 7) is 6.95. The molecule has 0 spiro atoms. The molecule has 5 heteroatoms. The Labute approximate surface area is 179 Å². The van der Waals surface area contributed by atoms with E-state index in [1.807, 2.05) is 61.5 Å². The number of carbonyl (C=O) groups excluding carboxylic acids is 1. The molecular formula is C25H33NO4. The summed E-state index contributed by atoms with van der Waals surface area (Å²) < 4.78 is 5.39. The van der Waals surface area contributed by atoms with E-state index in [1.165, 1.54) is 0 Å². The van der Waals surface area contributed by atoms with Crippen LogP contribution in [0.25, 0.3) is 0 Å². The summed E-state index contributed by atoms with van der Waals surface area (Å²) in [6, 6.07) is 17.3. The first-order valence-electron chi connectivity index (χ1n) is 10.4. The zero-order valence-corrected chi connectivity index (χ0v) is 18.4. The fraction of sp³-hybridized carbons (Fsp3) is 0.440. The van der Waals surface area contributed by atoms with Crippen LogP contribution < -0.4 is 0 Å². The van der Waals surface area contributed by atoms with Crippen molar-refractivity contribution >= 4 is 12.1 Å². The van der Waals surface area contributed by atoms with Crippen LogP contribution in [-0.2, 0) is 16.1 Å². The van der Waals surface area contributed by atoms with Gasteiger partial charge in [0.15, 0.2) is 0 Å². The molecule has 1 atom stereocenters. The molecule has 5 nitrogen and oxygen atoms in total. The molecule has 1 amide bonds. The van der Waals surface area contributed by atoms with Crippen LogP contribution in [0.5, 0.6) is 0 Å². The predicted octanol–water partition coefficient (Wildman–Crippen LogP) is 5.63. The van der Waals surface area contributed by atoms with E-state index in [0.29, 0.717) is 13.0 Å². The fourth-order valence-electron chi connectivity index (χ4n) is 3.72. The molecule has 2 aromatic rings. The number of carbonyl (C=O) groups is 2. The number of hydrogen-bond acceptors (Lipinski definition) is 3. The van der Waals surface area contributed by atoms with Crippen LogP contribution in [0.3, 0.4) is 0 Å². The summed E-state index contributed by atoms with van der Waals surface area (Å²) >= 11 is 0. The standard InChI is InChI=1S/C25H33NO4/c1-19-10-8-13-21(16-19)22(23(27)28)14-9-15-25(2,3)18-26(4)24(29)30-17-20-11-6-5-7-12-20/h5-8,10-13,16,22H,9,14-15,17-18H2,1-4H3,(H,27,28). The smallest absolute Gasteiger partial charge is 0.409 e. The molecule has 2 aromatic carbocycles. The Bertz CT molecular complexity index is 832. The largest absolute Gasteiger partial charge is 0.481 e. The van der Waals surface area contributed by atoms with Crippen LogP contribution in [0.4, 0.5) is 4.79 Å². The summed E-state index contributed by atoms with van der Waals surface area (Å²) in [4.78, 5) is 25.7. The second-order valence-corrected chi connectivity index (χ2v) is 8.76. The third kappa shape index (κ3) is 7.54. The molecule has 0 aromatic heterocycles. The lowest BCUT2D eigenvalue weighted by Gasteiger charge is -2.30.